The van der Waals surface area contributed by atoms with Gasteiger partial charge < -0.3 is 9.84 Å². The van der Waals surface area contributed by atoms with Crippen molar-refractivity contribution < 1.29 is 13.7 Å². The molecular formula is C9H7FN2O2. The molecule has 0 saturated carbocycles. The van der Waals surface area contributed by atoms with E-state index in [-0.39, 0.29) is 5.91 Å². The number of rotatable bonds is 1. The Labute approximate surface area is 78.7 Å². The number of hydrogen-bond donors (Lipinski definition) is 1. The SMILES string of the molecule is CC(=O)Nc1noc2cc(F)ccc12. The summed E-state index contributed by atoms with van der Waals surface area (Å²) in [7, 11) is 0. The largest absolute Gasteiger partial charge is 0.354 e. The van der Waals surface area contributed by atoms with Crippen molar-refractivity contribution in [3.63, 3.8) is 0 Å². The third-order valence-corrected chi connectivity index (χ3v) is 1.73. The van der Waals surface area contributed by atoms with Gasteiger partial charge in [0.1, 0.15) is 5.82 Å². The van der Waals surface area contributed by atoms with Gasteiger partial charge in [0, 0.05) is 13.0 Å². The summed E-state index contributed by atoms with van der Waals surface area (Å²) in [5.74, 6) is -0.333. The molecular weight excluding hydrogens is 187 g/mol. The number of halogens is 1. The van der Waals surface area contributed by atoms with Crippen molar-refractivity contribution in [3.8, 4) is 0 Å². The Balaban J connectivity index is 2.52. The topological polar surface area (TPSA) is 55.1 Å². The fourth-order valence-corrected chi connectivity index (χ4v) is 1.17. The Morgan fingerprint density at radius 3 is 3.07 bits per heavy atom. The van der Waals surface area contributed by atoms with Crippen molar-refractivity contribution in [1.29, 1.82) is 0 Å². The second-order valence-corrected chi connectivity index (χ2v) is 2.85. The molecule has 1 aromatic carbocycles. The van der Waals surface area contributed by atoms with E-state index in [4.69, 9.17) is 4.52 Å². The van der Waals surface area contributed by atoms with Crippen LogP contribution in [0.5, 0.6) is 0 Å². The quantitative estimate of drug-likeness (QED) is 0.754. The van der Waals surface area contributed by atoms with Crippen LogP contribution in [0.2, 0.25) is 0 Å². The zero-order valence-corrected chi connectivity index (χ0v) is 7.37. The van der Waals surface area contributed by atoms with Crippen LogP contribution in [-0.2, 0) is 4.79 Å². The summed E-state index contributed by atoms with van der Waals surface area (Å²) < 4.78 is 17.6. The average Bonchev–Trinajstić information content (AvgIpc) is 2.47. The van der Waals surface area contributed by atoms with E-state index in [1.54, 1.807) is 0 Å². The van der Waals surface area contributed by atoms with Crippen LogP contribution in [-0.4, -0.2) is 11.1 Å². The molecule has 1 N–H and O–H groups in total. The lowest BCUT2D eigenvalue weighted by atomic mass is 10.2. The van der Waals surface area contributed by atoms with Crippen LogP contribution in [0.3, 0.4) is 0 Å². The maximum absolute atomic E-state index is 12.7. The summed E-state index contributed by atoms with van der Waals surface area (Å²) in [4.78, 5) is 10.8. The molecule has 0 unspecified atom stereocenters. The van der Waals surface area contributed by atoms with E-state index in [2.05, 4.69) is 10.5 Å². The van der Waals surface area contributed by atoms with Gasteiger partial charge in [0.25, 0.3) is 0 Å². The van der Waals surface area contributed by atoms with Crippen molar-refractivity contribution in [2.24, 2.45) is 0 Å². The summed E-state index contributed by atoms with van der Waals surface area (Å²) in [5, 5.41) is 6.67. The number of hydrogen-bond acceptors (Lipinski definition) is 3. The zero-order chi connectivity index (χ0) is 10.1. The third-order valence-electron chi connectivity index (χ3n) is 1.73. The lowest BCUT2D eigenvalue weighted by Crippen LogP contribution is -2.05. The molecule has 1 heterocycles. The molecule has 2 aromatic rings. The average molecular weight is 194 g/mol. The van der Waals surface area contributed by atoms with E-state index in [0.29, 0.717) is 16.8 Å². The van der Waals surface area contributed by atoms with E-state index in [1.165, 1.54) is 25.1 Å². The van der Waals surface area contributed by atoms with Gasteiger partial charge in [-0.15, -0.1) is 0 Å². The Kier molecular flexibility index (Phi) is 1.92. The molecule has 0 aliphatic heterocycles. The fraction of sp³-hybridized carbons (Fsp3) is 0.111. The first kappa shape index (κ1) is 8.68. The number of carbonyl (C=O) groups excluding carboxylic acids is 1. The van der Waals surface area contributed by atoms with Gasteiger partial charge in [0.2, 0.25) is 5.91 Å². The second kappa shape index (κ2) is 3.10. The van der Waals surface area contributed by atoms with Gasteiger partial charge >= 0.3 is 0 Å². The van der Waals surface area contributed by atoms with Crippen molar-refractivity contribution in [2.75, 3.05) is 5.32 Å². The van der Waals surface area contributed by atoms with Gasteiger partial charge in [-0.2, -0.15) is 0 Å². The molecule has 2 rings (SSSR count). The van der Waals surface area contributed by atoms with Crippen LogP contribution in [0.1, 0.15) is 6.92 Å². The zero-order valence-electron chi connectivity index (χ0n) is 7.37. The number of benzene rings is 1. The molecule has 1 amide bonds. The van der Waals surface area contributed by atoms with Crippen molar-refractivity contribution in [2.45, 2.75) is 6.92 Å². The molecule has 0 aliphatic carbocycles. The molecule has 0 spiro atoms. The second-order valence-electron chi connectivity index (χ2n) is 2.85. The minimum atomic E-state index is -0.400. The van der Waals surface area contributed by atoms with E-state index < -0.39 is 5.82 Å². The highest BCUT2D eigenvalue weighted by molar-refractivity contribution is 5.97. The van der Waals surface area contributed by atoms with Crippen molar-refractivity contribution in [1.82, 2.24) is 5.16 Å². The van der Waals surface area contributed by atoms with E-state index in [9.17, 15) is 9.18 Å². The number of anilines is 1. The minimum absolute atomic E-state index is 0.246. The highest BCUT2D eigenvalue weighted by atomic mass is 19.1. The van der Waals surface area contributed by atoms with Gasteiger partial charge in [0.05, 0.1) is 5.39 Å². The van der Waals surface area contributed by atoms with Crippen LogP contribution in [0.4, 0.5) is 10.2 Å². The Morgan fingerprint density at radius 2 is 2.36 bits per heavy atom. The van der Waals surface area contributed by atoms with E-state index >= 15 is 0 Å². The van der Waals surface area contributed by atoms with Crippen molar-refractivity contribution in [3.05, 3.63) is 24.0 Å². The predicted octanol–water partition coefficient (Wildman–Crippen LogP) is 1.93. The van der Waals surface area contributed by atoms with Gasteiger partial charge in [-0.3, -0.25) is 4.79 Å². The van der Waals surface area contributed by atoms with Gasteiger partial charge in [0.15, 0.2) is 11.4 Å². The minimum Gasteiger partial charge on any atom is -0.354 e. The monoisotopic (exact) mass is 194 g/mol. The predicted molar refractivity (Wildman–Crippen MR) is 48.3 cm³/mol. The standard InChI is InChI=1S/C9H7FN2O2/c1-5(13)11-9-7-3-2-6(10)4-8(7)14-12-9/h2-4H,1H3,(H,11,12,13). The summed E-state index contributed by atoms with van der Waals surface area (Å²) in [6, 6.07) is 4.00. The van der Waals surface area contributed by atoms with E-state index in [0.717, 1.165) is 0 Å². The van der Waals surface area contributed by atoms with Crippen molar-refractivity contribution >= 4 is 22.7 Å². The molecule has 0 aliphatic rings. The first-order chi connectivity index (χ1) is 6.66. The lowest BCUT2D eigenvalue weighted by Gasteiger charge is -1.94. The number of aromatic nitrogens is 1. The molecule has 72 valence electrons. The summed E-state index contributed by atoms with van der Waals surface area (Å²) in [6.45, 7) is 1.37. The van der Waals surface area contributed by atoms with Crippen LogP contribution in [0, 0.1) is 5.82 Å². The van der Waals surface area contributed by atoms with E-state index in [1.807, 2.05) is 0 Å². The molecule has 5 heteroatoms. The number of carbonyl (C=O) groups is 1. The van der Waals surface area contributed by atoms with Crippen LogP contribution in [0.25, 0.3) is 11.0 Å². The van der Waals surface area contributed by atoms with Gasteiger partial charge in [-0.05, 0) is 12.1 Å². The van der Waals surface area contributed by atoms with Crippen LogP contribution >= 0.6 is 0 Å². The maximum Gasteiger partial charge on any atom is 0.222 e. The summed E-state index contributed by atoms with van der Waals surface area (Å²) >= 11 is 0. The highest BCUT2D eigenvalue weighted by Gasteiger charge is 2.09. The molecule has 1 aromatic heterocycles. The molecule has 4 nitrogen and oxygen atoms in total. The first-order valence-corrected chi connectivity index (χ1v) is 3.99. The first-order valence-electron chi connectivity index (χ1n) is 3.99. The molecule has 0 saturated heterocycles. The molecule has 14 heavy (non-hydrogen) atoms. The van der Waals surface area contributed by atoms with Crippen LogP contribution < -0.4 is 5.32 Å². The van der Waals surface area contributed by atoms with Gasteiger partial charge in [-0.1, -0.05) is 5.16 Å². The third kappa shape index (κ3) is 1.44. The Morgan fingerprint density at radius 1 is 1.57 bits per heavy atom. The summed E-state index contributed by atoms with van der Waals surface area (Å²) in [5.41, 5.74) is 0.314. The lowest BCUT2D eigenvalue weighted by molar-refractivity contribution is -0.114. The number of nitrogens with one attached hydrogen (secondary N) is 1. The fourth-order valence-electron chi connectivity index (χ4n) is 1.17. The molecule has 0 bridgehead atoms. The Hall–Kier alpha value is -1.91. The highest BCUT2D eigenvalue weighted by Crippen LogP contribution is 2.22. The number of amides is 1. The number of nitrogens with zero attached hydrogens (tertiary/aromatic N) is 1. The Bertz CT molecular complexity index is 493. The number of fused-ring (bicyclic) bond motifs is 1. The molecule has 0 atom stereocenters. The maximum atomic E-state index is 12.7. The normalized spacial score (nSPS) is 10.4. The molecule has 0 fully saturated rings. The summed E-state index contributed by atoms with van der Waals surface area (Å²) in [6.07, 6.45) is 0. The smallest absolute Gasteiger partial charge is 0.222 e. The molecule has 0 radical (unpaired) electrons. The van der Waals surface area contributed by atoms with Crippen LogP contribution in [0.15, 0.2) is 22.7 Å². The van der Waals surface area contributed by atoms with Gasteiger partial charge in [-0.25, -0.2) is 4.39 Å².